The lowest BCUT2D eigenvalue weighted by Gasteiger charge is -2.05. The first-order valence-electron chi connectivity index (χ1n) is 9.80. The molecule has 0 aliphatic rings. The molecule has 0 unspecified atom stereocenters. The third-order valence-corrected chi connectivity index (χ3v) is 4.66. The molecule has 0 aliphatic carbocycles. The zero-order valence-corrected chi connectivity index (χ0v) is 18.0. The fourth-order valence-electron chi connectivity index (χ4n) is 2.95. The van der Waals surface area contributed by atoms with E-state index in [9.17, 15) is 8.78 Å². The van der Waals surface area contributed by atoms with Gasteiger partial charge in [0, 0.05) is 23.1 Å². The molecule has 3 aromatic rings. The fraction of sp³-hybridized carbons (Fsp3) is 0.148. The third kappa shape index (κ3) is 5.74. The summed E-state index contributed by atoms with van der Waals surface area (Å²) in [5.41, 5.74) is 4.83. The van der Waals surface area contributed by atoms with Gasteiger partial charge in [-0.25, -0.2) is 8.78 Å². The molecular weight excluding hydrogens is 408 g/mol. The first-order chi connectivity index (χ1) is 15.0. The molecule has 152 valence electrons. The van der Waals surface area contributed by atoms with Gasteiger partial charge in [-0.3, -0.25) is 0 Å². The molecule has 3 rings (SSSR count). The van der Waals surface area contributed by atoms with Gasteiger partial charge in [0.05, 0.1) is 5.16 Å². The minimum absolute atomic E-state index is 0.220. The predicted octanol–water partition coefficient (Wildman–Crippen LogP) is 7.23. The number of unbranched alkanes of at least 4 members (excludes halogenated alkanes) is 1. The molecule has 4 heteroatoms. The number of hydrogen-bond donors (Lipinski definition) is 0. The molecular formula is C27H19F2NS. The second-order valence-electron chi connectivity index (χ2n) is 6.90. The third-order valence-electron chi connectivity index (χ3n) is 4.57. The molecule has 3 aromatic carbocycles. The Bertz CT molecular complexity index is 1260. The molecule has 0 bridgehead atoms. The van der Waals surface area contributed by atoms with Crippen LogP contribution in [0.5, 0.6) is 0 Å². The van der Waals surface area contributed by atoms with Crippen LogP contribution in [0.3, 0.4) is 0 Å². The van der Waals surface area contributed by atoms with Gasteiger partial charge in [0.1, 0.15) is 5.69 Å². The molecule has 0 fully saturated rings. The number of aliphatic imine (C=N–C) groups is 1. The first-order valence-corrected chi connectivity index (χ1v) is 10.2. The van der Waals surface area contributed by atoms with Crippen LogP contribution >= 0.6 is 12.2 Å². The number of benzene rings is 3. The van der Waals surface area contributed by atoms with Gasteiger partial charge in [0.2, 0.25) is 0 Å². The molecule has 0 amide bonds. The molecule has 1 nitrogen and oxygen atoms in total. The Kier molecular flexibility index (Phi) is 7.47. The molecule has 0 heterocycles. The summed E-state index contributed by atoms with van der Waals surface area (Å²) in [7, 11) is 0. The number of aryl methyl sites for hydroxylation is 1. The van der Waals surface area contributed by atoms with E-state index >= 15 is 0 Å². The van der Waals surface area contributed by atoms with Crippen molar-refractivity contribution < 1.29 is 8.78 Å². The Morgan fingerprint density at radius 1 is 0.839 bits per heavy atom. The van der Waals surface area contributed by atoms with Crippen molar-refractivity contribution in [1.29, 1.82) is 0 Å². The van der Waals surface area contributed by atoms with Gasteiger partial charge < -0.3 is 0 Å². The van der Waals surface area contributed by atoms with Crippen LogP contribution in [0, 0.1) is 42.2 Å². The standard InChI is InChI=1S/C27H19F2NS/c1-3-4-5-6-22-13-14-24(15-19(22)2)23-11-9-20(10-12-23)7-8-21-16-25(28)27(30-18-31)26(29)17-21/h9-17H,3-4H2,1-2H3. The number of isothiocyanates is 1. The van der Waals surface area contributed by atoms with Gasteiger partial charge in [0.25, 0.3) is 0 Å². The smallest absolute Gasteiger partial charge is 0.153 e. The lowest BCUT2D eigenvalue weighted by atomic mass is 9.99. The van der Waals surface area contributed by atoms with Crippen molar-refractivity contribution in [1.82, 2.24) is 0 Å². The topological polar surface area (TPSA) is 12.4 Å². The van der Waals surface area contributed by atoms with Crippen LogP contribution in [-0.4, -0.2) is 5.16 Å². The zero-order chi connectivity index (χ0) is 22.2. The highest BCUT2D eigenvalue weighted by Crippen LogP contribution is 2.24. The normalized spacial score (nSPS) is 9.68. The van der Waals surface area contributed by atoms with Crippen molar-refractivity contribution in [2.75, 3.05) is 0 Å². The van der Waals surface area contributed by atoms with E-state index in [0.29, 0.717) is 0 Å². The summed E-state index contributed by atoms with van der Waals surface area (Å²) in [4.78, 5) is 3.39. The number of nitrogens with zero attached hydrogens (tertiary/aromatic N) is 1. The molecule has 0 aliphatic heterocycles. The van der Waals surface area contributed by atoms with E-state index in [2.05, 4.69) is 66.9 Å². The Morgan fingerprint density at radius 2 is 1.48 bits per heavy atom. The Balaban J connectivity index is 1.80. The summed E-state index contributed by atoms with van der Waals surface area (Å²) < 4.78 is 27.8. The highest BCUT2D eigenvalue weighted by molar-refractivity contribution is 7.78. The highest BCUT2D eigenvalue weighted by atomic mass is 32.1. The lowest BCUT2D eigenvalue weighted by Crippen LogP contribution is -1.87. The second-order valence-corrected chi connectivity index (χ2v) is 7.08. The van der Waals surface area contributed by atoms with E-state index in [1.54, 1.807) is 0 Å². The van der Waals surface area contributed by atoms with E-state index in [1.165, 1.54) is 0 Å². The van der Waals surface area contributed by atoms with E-state index in [-0.39, 0.29) is 5.56 Å². The average molecular weight is 428 g/mol. The Morgan fingerprint density at radius 3 is 2.10 bits per heavy atom. The van der Waals surface area contributed by atoms with Crippen molar-refractivity contribution >= 4 is 23.1 Å². The van der Waals surface area contributed by atoms with Gasteiger partial charge in [-0.05, 0) is 72.6 Å². The average Bonchev–Trinajstić information content (AvgIpc) is 2.76. The highest BCUT2D eigenvalue weighted by Gasteiger charge is 2.09. The predicted molar refractivity (Wildman–Crippen MR) is 125 cm³/mol. The van der Waals surface area contributed by atoms with E-state index < -0.39 is 17.3 Å². The summed E-state index contributed by atoms with van der Waals surface area (Å²) in [6.45, 7) is 4.17. The van der Waals surface area contributed by atoms with E-state index in [0.717, 1.165) is 52.8 Å². The van der Waals surface area contributed by atoms with E-state index in [1.807, 2.05) is 35.5 Å². The van der Waals surface area contributed by atoms with Gasteiger partial charge in [-0.2, -0.15) is 4.99 Å². The largest absolute Gasteiger partial charge is 0.204 e. The number of hydrogen-bond acceptors (Lipinski definition) is 2. The molecule has 0 saturated heterocycles. The molecule has 31 heavy (non-hydrogen) atoms. The monoisotopic (exact) mass is 427 g/mol. The van der Waals surface area contributed by atoms with Gasteiger partial charge in [-0.15, -0.1) is 0 Å². The minimum atomic E-state index is -0.824. The molecule has 0 radical (unpaired) electrons. The van der Waals surface area contributed by atoms with Gasteiger partial charge in [-0.1, -0.05) is 54.9 Å². The van der Waals surface area contributed by atoms with Crippen LogP contribution in [0.25, 0.3) is 11.1 Å². The number of rotatable bonds is 3. The maximum absolute atomic E-state index is 13.9. The SMILES string of the molecule is CCCC#Cc1ccc(-c2ccc(C#Cc3cc(F)c(N=C=S)c(F)c3)cc2)cc1C. The van der Waals surface area contributed by atoms with Crippen LogP contribution in [0.4, 0.5) is 14.5 Å². The fourth-order valence-corrected chi connectivity index (χ4v) is 3.04. The van der Waals surface area contributed by atoms with Crippen LogP contribution in [0.1, 0.15) is 42.0 Å². The summed E-state index contributed by atoms with van der Waals surface area (Å²) in [6.07, 6.45) is 1.95. The van der Waals surface area contributed by atoms with Crippen molar-refractivity contribution in [2.45, 2.75) is 26.7 Å². The summed E-state index contributed by atoms with van der Waals surface area (Å²) >= 11 is 4.40. The van der Waals surface area contributed by atoms with Crippen molar-refractivity contribution in [3.8, 4) is 34.8 Å². The van der Waals surface area contributed by atoms with Crippen molar-refractivity contribution in [3.05, 3.63) is 88.5 Å². The quantitative estimate of drug-likeness (QED) is 0.244. The molecule has 0 spiro atoms. The van der Waals surface area contributed by atoms with Gasteiger partial charge >= 0.3 is 0 Å². The Labute approximate surface area is 186 Å². The molecule has 0 aromatic heterocycles. The van der Waals surface area contributed by atoms with Gasteiger partial charge in [0.15, 0.2) is 11.6 Å². The minimum Gasteiger partial charge on any atom is -0.204 e. The zero-order valence-electron chi connectivity index (χ0n) is 17.2. The van der Waals surface area contributed by atoms with Crippen LogP contribution in [-0.2, 0) is 0 Å². The van der Waals surface area contributed by atoms with Crippen molar-refractivity contribution in [3.63, 3.8) is 0 Å². The lowest BCUT2D eigenvalue weighted by molar-refractivity contribution is 0.587. The molecule has 0 saturated carbocycles. The van der Waals surface area contributed by atoms with Crippen molar-refractivity contribution in [2.24, 2.45) is 4.99 Å². The summed E-state index contributed by atoms with van der Waals surface area (Å²) in [5.74, 6) is 10.5. The van der Waals surface area contributed by atoms with Crippen LogP contribution in [0.2, 0.25) is 0 Å². The second kappa shape index (κ2) is 10.5. The number of halogens is 2. The Hall–Kier alpha value is -3.56. The van der Waals surface area contributed by atoms with Crippen LogP contribution in [0.15, 0.2) is 59.6 Å². The molecule has 0 N–H and O–H groups in total. The maximum Gasteiger partial charge on any atom is 0.153 e. The summed E-state index contributed by atoms with van der Waals surface area (Å²) in [5, 5.41) is 1.97. The maximum atomic E-state index is 13.9. The molecule has 0 atom stereocenters. The summed E-state index contributed by atoms with van der Waals surface area (Å²) in [6, 6.07) is 16.2. The number of thiocarbonyl (C=S) groups is 1. The van der Waals surface area contributed by atoms with E-state index in [4.69, 9.17) is 0 Å². The first kappa shape index (κ1) is 22.1. The van der Waals surface area contributed by atoms with Crippen LogP contribution < -0.4 is 0 Å².